The van der Waals surface area contributed by atoms with Gasteiger partial charge in [-0.05, 0) is 23.6 Å². The van der Waals surface area contributed by atoms with Crippen LogP contribution in [-0.2, 0) is 4.79 Å². The normalized spacial score (nSPS) is 22.4. The summed E-state index contributed by atoms with van der Waals surface area (Å²) in [5.41, 5.74) is 6.73. The van der Waals surface area contributed by atoms with Crippen LogP contribution in [-0.4, -0.2) is 41.5 Å². The summed E-state index contributed by atoms with van der Waals surface area (Å²) in [6.45, 7) is 6.69. The van der Waals surface area contributed by atoms with Crippen LogP contribution < -0.4 is 11.1 Å². The number of aromatic nitrogens is 1. The third-order valence-corrected chi connectivity index (χ3v) is 3.65. The summed E-state index contributed by atoms with van der Waals surface area (Å²) in [6.07, 6.45) is 3.60. The van der Waals surface area contributed by atoms with Gasteiger partial charge in [0.15, 0.2) is 0 Å². The lowest BCUT2D eigenvalue weighted by Crippen LogP contribution is -2.58. The van der Waals surface area contributed by atoms with E-state index >= 15 is 0 Å². The number of hydrogen-bond donors (Lipinski definition) is 2. The first-order valence-corrected chi connectivity index (χ1v) is 6.77. The Labute approximate surface area is 114 Å². The predicted octanol–water partition coefficient (Wildman–Crippen LogP) is 0.538. The van der Waals surface area contributed by atoms with Crippen LogP contribution in [0.4, 0.5) is 0 Å². The molecule has 0 aliphatic carbocycles. The van der Waals surface area contributed by atoms with Gasteiger partial charge in [0.2, 0.25) is 5.91 Å². The summed E-state index contributed by atoms with van der Waals surface area (Å²) in [5, 5.41) is 3.24. The van der Waals surface area contributed by atoms with E-state index in [1.54, 1.807) is 12.4 Å². The molecular weight excluding hydrogens is 240 g/mol. The molecule has 0 spiro atoms. The summed E-state index contributed by atoms with van der Waals surface area (Å²) in [5.74, 6) is 0.147. The number of carbonyl (C=O) groups excluding carboxylic acids is 1. The van der Waals surface area contributed by atoms with Gasteiger partial charge in [-0.1, -0.05) is 13.8 Å². The van der Waals surface area contributed by atoms with E-state index < -0.39 is 0 Å². The molecule has 104 valence electrons. The maximum Gasteiger partial charge on any atom is 0.236 e. The number of nitrogens with one attached hydrogen (secondary N) is 1. The van der Waals surface area contributed by atoms with Gasteiger partial charge in [-0.2, -0.15) is 0 Å². The van der Waals surface area contributed by atoms with Crippen molar-refractivity contribution >= 4 is 5.91 Å². The van der Waals surface area contributed by atoms with E-state index in [9.17, 15) is 4.79 Å². The van der Waals surface area contributed by atoms with E-state index in [1.165, 1.54) is 5.56 Å². The second-order valence-electron chi connectivity index (χ2n) is 5.33. The molecule has 19 heavy (non-hydrogen) atoms. The Balaban J connectivity index is 2.30. The van der Waals surface area contributed by atoms with Crippen LogP contribution in [0.2, 0.25) is 0 Å². The highest BCUT2D eigenvalue weighted by atomic mass is 16.1. The lowest BCUT2D eigenvalue weighted by molar-refractivity contribution is -0.125. The van der Waals surface area contributed by atoms with Gasteiger partial charge >= 0.3 is 0 Å². The summed E-state index contributed by atoms with van der Waals surface area (Å²) in [4.78, 5) is 17.9. The smallest absolute Gasteiger partial charge is 0.236 e. The average molecular weight is 262 g/mol. The molecule has 0 bridgehead atoms. The van der Waals surface area contributed by atoms with E-state index in [4.69, 9.17) is 5.73 Å². The first-order chi connectivity index (χ1) is 9.11. The van der Waals surface area contributed by atoms with Crippen molar-refractivity contribution in [1.29, 1.82) is 0 Å². The molecule has 1 amide bonds. The van der Waals surface area contributed by atoms with Gasteiger partial charge in [0, 0.05) is 38.1 Å². The van der Waals surface area contributed by atoms with Crippen LogP contribution in [0.25, 0.3) is 0 Å². The minimum Gasteiger partial charge on any atom is -0.368 e. The molecular formula is C14H22N4O. The van der Waals surface area contributed by atoms with Gasteiger partial charge in [0.25, 0.3) is 0 Å². The molecule has 5 heteroatoms. The van der Waals surface area contributed by atoms with Gasteiger partial charge in [0.1, 0.15) is 6.04 Å². The zero-order valence-electron chi connectivity index (χ0n) is 11.5. The Morgan fingerprint density at radius 2 is 2.16 bits per heavy atom. The van der Waals surface area contributed by atoms with Crippen LogP contribution in [0, 0.1) is 5.92 Å². The Hall–Kier alpha value is -1.46. The zero-order valence-corrected chi connectivity index (χ0v) is 11.5. The molecule has 1 aromatic rings. The SMILES string of the molecule is CC(C)C(c1ccncc1)N1CCNCC1C(N)=O. The van der Waals surface area contributed by atoms with Crippen LogP contribution >= 0.6 is 0 Å². The molecule has 5 nitrogen and oxygen atoms in total. The maximum atomic E-state index is 11.7. The number of piperazine rings is 1. The Morgan fingerprint density at radius 3 is 2.74 bits per heavy atom. The molecule has 2 unspecified atom stereocenters. The summed E-state index contributed by atoms with van der Waals surface area (Å²) >= 11 is 0. The van der Waals surface area contributed by atoms with Gasteiger partial charge in [0.05, 0.1) is 0 Å². The molecule has 0 aromatic carbocycles. The summed E-state index contributed by atoms with van der Waals surface area (Å²) in [7, 11) is 0. The zero-order chi connectivity index (χ0) is 13.8. The van der Waals surface area contributed by atoms with Gasteiger partial charge in [-0.25, -0.2) is 0 Å². The van der Waals surface area contributed by atoms with Crippen LogP contribution in [0.5, 0.6) is 0 Å². The highest BCUT2D eigenvalue weighted by Crippen LogP contribution is 2.30. The Kier molecular flexibility index (Phi) is 4.50. The quantitative estimate of drug-likeness (QED) is 0.830. The molecule has 1 saturated heterocycles. The minimum absolute atomic E-state index is 0.197. The van der Waals surface area contributed by atoms with Crippen molar-refractivity contribution in [1.82, 2.24) is 15.2 Å². The topological polar surface area (TPSA) is 71.2 Å². The third-order valence-electron chi connectivity index (χ3n) is 3.65. The highest BCUT2D eigenvalue weighted by molar-refractivity contribution is 5.80. The number of hydrogen-bond acceptors (Lipinski definition) is 4. The van der Waals surface area contributed by atoms with Crippen LogP contribution in [0.1, 0.15) is 25.5 Å². The number of nitrogens with zero attached hydrogens (tertiary/aromatic N) is 2. The fraction of sp³-hybridized carbons (Fsp3) is 0.571. The van der Waals surface area contributed by atoms with Crippen molar-refractivity contribution in [2.45, 2.75) is 25.9 Å². The first-order valence-electron chi connectivity index (χ1n) is 6.77. The molecule has 1 aliphatic heterocycles. The van der Waals surface area contributed by atoms with Crippen molar-refractivity contribution in [2.75, 3.05) is 19.6 Å². The fourth-order valence-electron chi connectivity index (χ4n) is 2.84. The number of nitrogens with two attached hydrogens (primary N) is 1. The van der Waals surface area contributed by atoms with Crippen molar-refractivity contribution in [3.8, 4) is 0 Å². The van der Waals surface area contributed by atoms with Crippen molar-refractivity contribution in [3.05, 3.63) is 30.1 Å². The molecule has 3 N–H and O–H groups in total. The van der Waals surface area contributed by atoms with Gasteiger partial charge in [-0.15, -0.1) is 0 Å². The molecule has 1 fully saturated rings. The van der Waals surface area contributed by atoms with E-state index in [0.29, 0.717) is 12.5 Å². The largest absolute Gasteiger partial charge is 0.368 e. The van der Waals surface area contributed by atoms with Crippen molar-refractivity contribution < 1.29 is 4.79 Å². The van der Waals surface area contributed by atoms with E-state index in [-0.39, 0.29) is 18.0 Å². The van der Waals surface area contributed by atoms with Gasteiger partial charge < -0.3 is 11.1 Å². The molecule has 1 aromatic heterocycles. The highest BCUT2D eigenvalue weighted by Gasteiger charge is 2.34. The second-order valence-corrected chi connectivity index (χ2v) is 5.33. The lowest BCUT2D eigenvalue weighted by Gasteiger charge is -2.42. The predicted molar refractivity (Wildman–Crippen MR) is 74.4 cm³/mol. The first kappa shape index (κ1) is 14.0. The van der Waals surface area contributed by atoms with E-state index in [0.717, 1.165) is 13.1 Å². The van der Waals surface area contributed by atoms with Crippen molar-refractivity contribution in [2.24, 2.45) is 11.7 Å². The number of primary amides is 1. The Bertz CT molecular complexity index is 421. The molecule has 2 heterocycles. The lowest BCUT2D eigenvalue weighted by atomic mass is 9.93. The Morgan fingerprint density at radius 1 is 1.47 bits per heavy atom. The second kappa shape index (κ2) is 6.12. The van der Waals surface area contributed by atoms with Crippen LogP contribution in [0.3, 0.4) is 0 Å². The fourth-order valence-corrected chi connectivity index (χ4v) is 2.84. The molecule has 0 radical (unpaired) electrons. The average Bonchev–Trinajstić information content (AvgIpc) is 2.40. The molecule has 0 saturated carbocycles. The number of rotatable bonds is 4. The van der Waals surface area contributed by atoms with Crippen LogP contribution in [0.15, 0.2) is 24.5 Å². The minimum atomic E-state index is -0.257. The number of carbonyl (C=O) groups is 1. The standard InChI is InChI=1S/C14H22N4O/c1-10(2)13(11-3-5-16-6-4-11)18-8-7-17-9-12(18)14(15)19/h3-6,10,12-13,17H,7-9H2,1-2H3,(H2,15,19). The summed E-state index contributed by atoms with van der Waals surface area (Å²) < 4.78 is 0. The molecule has 2 atom stereocenters. The number of amides is 1. The monoisotopic (exact) mass is 262 g/mol. The van der Waals surface area contributed by atoms with Crippen molar-refractivity contribution in [3.63, 3.8) is 0 Å². The molecule has 2 rings (SSSR count). The van der Waals surface area contributed by atoms with Gasteiger partial charge in [-0.3, -0.25) is 14.7 Å². The maximum absolute atomic E-state index is 11.7. The van der Waals surface area contributed by atoms with E-state index in [2.05, 4.69) is 29.0 Å². The third kappa shape index (κ3) is 3.11. The summed E-state index contributed by atoms with van der Waals surface area (Å²) in [6, 6.07) is 3.99. The number of pyridine rings is 1. The van der Waals surface area contributed by atoms with E-state index in [1.807, 2.05) is 12.1 Å². The molecule has 1 aliphatic rings.